The molecule has 0 bridgehead atoms. The highest BCUT2D eigenvalue weighted by molar-refractivity contribution is 7.99. The van der Waals surface area contributed by atoms with Crippen molar-refractivity contribution in [3.05, 3.63) is 53.6 Å². The van der Waals surface area contributed by atoms with Gasteiger partial charge in [-0.15, -0.1) is 16.6 Å². The molecule has 32 heavy (non-hydrogen) atoms. The zero-order chi connectivity index (χ0) is 22.3. The van der Waals surface area contributed by atoms with Gasteiger partial charge in [0.1, 0.15) is 0 Å². The molecule has 4 rings (SSSR count). The van der Waals surface area contributed by atoms with Gasteiger partial charge in [-0.05, 0) is 42.5 Å². The molecule has 7 nitrogen and oxygen atoms in total. The summed E-state index contributed by atoms with van der Waals surface area (Å²) in [4.78, 5) is 16.9. The number of terminal acetylenes is 1. The van der Waals surface area contributed by atoms with Crippen LogP contribution in [0.2, 0.25) is 5.02 Å². The molecule has 0 saturated carbocycles. The number of carbonyl (C=O) groups is 1. The topological polar surface area (TPSA) is 74.5 Å². The van der Waals surface area contributed by atoms with Gasteiger partial charge in [-0.1, -0.05) is 35.3 Å². The Balaban J connectivity index is 1.25. The molecule has 1 aliphatic rings. The number of amides is 1. The number of hydrogen-bond donors (Lipinski definition) is 1. The van der Waals surface area contributed by atoms with E-state index in [1.807, 2.05) is 36.4 Å². The summed E-state index contributed by atoms with van der Waals surface area (Å²) in [6.07, 6.45) is 5.39. The molecule has 1 fully saturated rings. The molecule has 0 aliphatic carbocycles. The molecule has 0 spiro atoms. The minimum Gasteiger partial charge on any atom is -0.411 e. The second-order valence-corrected chi connectivity index (χ2v) is 8.60. The summed E-state index contributed by atoms with van der Waals surface area (Å²) in [5, 5.41) is 11.8. The van der Waals surface area contributed by atoms with Crippen molar-refractivity contribution in [1.29, 1.82) is 0 Å². The summed E-state index contributed by atoms with van der Waals surface area (Å²) in [5.74, 6) is 3.08. The average Bonchev–Trinajstić information content (AvgIpc) is 3.28. The van der Waals surface area contributed by atoms with E-state index in [2.05, 4.69) is 31.2 Å². The molecule has 2 heterocycles. The van der Waals surface area contributed by atoms with E-state index >= 15 is 0 Å². The van der Waals surface area contributed by atoms with Gasteiger partial charge >= 0.3 is 0 Å². The number of nitrogens with zero attached hydrogens (tertiary/aromatic N) is 4. The standard InChI is InChI=1S/C23H22ClN5O2S/c1-2-10-28-11-13-29(14-12-28)20-8-6-19(7-9-20)25-21(30)16-32-23-27-26-22(31-23)17-4-3-5-18(24)15-17/h1,3-9,15H,10-14,16H2,(H,25,30). The first-order valence-electron chi connectivity index (χ1n) is 10.1. The number of thioether (sulfide) groups is 1. The minimum atomic E-state index is -0.145. The largest absolute Gasteiger partial charge is 0.411 e. The highest BCUT2D eigenvalue weighted by atomic mass is 35.5. The second-order valence-electron chi connectivity index (χ2n) is 7.23. The summed E-state index contributed by atoms with van der Waals surface area (Å²) in [6, 6.07) is 15.0. The summed E-state index contributed by atoms with van der Waals surface area (Å²) >= 11 is 7.18. The number of anilines is 2. The summed E-state index contributed by atoms with van der Waals surface area (Å²) in [6.45, 7) is 4.47. The first-order valence-corrected chi connectivity index (χ1v) is 11.5. The first-order chi connectivity index (χ1) is 15.6. The van der Waals surface area contributed by atoms with E-state index in [0.717, 1.165) is 43.1 Å². The molecule has 1 amide bonds. The Morgan fingerprint density at radius 1 is 1.16 bits per heavy atom. The number of carbonyl (C=O) groups excluding carboxylic acids is 1. The molecule has 9 heteroatoms. The fourth-order valence-corrected chi connectivity index (χ4v) is 4.13. The smallest absolute Gasteiger partial charge is 0.277 e. The third-order valence-electron chi connectivity index (χ3n) is 5.01. The van der Waals surface area contributed by atoms with Crippen molar-refractivity contribution in [2.24, 2.45) is 0 Å². The number of aromatic nitrogens is 2. The molecular formula is C23H22ClN5O2S. The molecule has 1 aromatic heterocycles. The molecule has 0 unspecified atom stereocenters. The van der Waals surface area contributed by atoms with Crippen LogP contribution in [-0.4, -0.2) is 59.5 Å². The van der Waals surface area contributed by atoms with Crippen molar-refractivity contribution in [1.82, 2.24) is 15.1 Å². The van der Waals surface area contributed by atoms with Gasteiger partial charge in [0.25, 0.3) is 5.22 Å². The van der Waals surface area contributed by atoms with Gasteiger partial charge in [0.05, 0.1) is 12.3 Å². The van der Waals surface area contributed by atoms with Crippen LogP contribution in [-0.2, 0) is 4.79 Å². The average molecular weight is 468 g/mol. The van der Waals surface area contributed by atoms with Crippen LogP contribution in [0.25, 0.3) is 11.5 Å². The highest BCUT2D eigenvalue weighted by Gasteiger charge is 2.16. The zero-order valence-electron chi connectivity index (χ0n) is 17.3. The van der Waals surface area contributed by atoms with Crippen LogP contribution < -0.4 is 10.2 Å². The fourth-order valence-electron chi connectivity index (χ4n) is 3.38. The van der Waals surface area contributed by atoms with Gasteiger partial charge in [0.2, 0.25) is 11.8 Å². The van der Waals surface area contributed by atoms with Crippen LogP contribution in [0.1, 0.15) is 0 Å². The van der Waals surface area contributed by atoms with E-state index in [1.54, 1.807) is 12.1 Å². The van der Waals surface area contributed by atoms with E-state index in [1.165, 1.54) is 11.8 Å². The minimum absolute atomic E-state index is 0.145. The Bertz CT molecular complexity index is 1100. The van der Waals surface area contributed by atoms with E-state index in [9.17, 15) is 4.79 Å². The number of benzene rings is 2. The first kappa shape index (κ1) is 22.2. The van der Waals surface area contributed by atoms with Crippen LogP contribution in [0.15, 0.2) is 58.2 Å². The number of piperazine rings is 1. The lowest BCUT2D eigenvalue weighted by Gasteiger charge is -2.35. The maximum Gasteiger partial charge on any atom is 0.277 e. The maximum atomic E-state index is 12.3. The third-order valence-corrected chi connectivity index (χ3v) is 6.06. The normalized spacial score (nSPS) is 14.2. The fraction of sp³-hybridized carbons (Fsp3) is 0.261. The predicted molar refractivity (Wildman–Crippen MR) is 128 cm³/mol. The van der Waals surface area contributed by atoms with Crippen molar-refractivity contribution < 1.29 is 9.21 Å². The van der Waals surface area contributed by atoms with Crippen LogP contribution in [0.4, 0.5) is 11.4 Å². The molecule has 164 valence electrons. The molecule has 1 N–H and O–H groups in total. The Hall–Kier alpha value is -2.99. The highest BCUT2D eigenvalue weighted by Crippen LogP contribution is 2.25. The van der Waals surface area contributed by atoms with Crippen molar-refractivity contribution in [3.8, 4) is 23.8 Å². The van der Waals surface area contributed by atoms with Crippen LogP contribution >= 0.6 is 23.4 Å². The van der Waals surface area contributed by atoms with Crippen LogP contribution in [0.5, 0.6) is 0 Å². The quantitative estimate of drug-likeness (QED) is 0.417. The molecule has 0 radical (unpaired) electrons. The number of halogens is 1. The maximum absolute atomic E-state index is 12.3. The van der Waals surface area contributed by atoms with Crippen LogP contribution in [0, 0.1) is 12.3 Å². The molecule has 1 aliphatic heterocycles. The molecule has 0 atom stereocenters. The zero-order valence-corrected chi connectivity index (χ0v) is 18.9. The van der Waals surface area contributed by atoms with Gasteiger partial charge in [-0.2, -0.15) is 0 Å². The Morgan fingerprint density at radius 2 is 1.94 bits per heavy atom. The molecular weight excluding hydrogens is 446 g/mol. The van der Waals surface area contributed by atoms with Crippen molar-refractivity contribution in [2.75, 3.05) is 48.7 Å². The number of hydrogen-bond acceptors (Lipinski definition) is 7. The van der Waals surface area contributed by atoms with E-state index < -0.39 is 0 Å². The summed E-state index contributed by atoms with van der Waals surface area (Å²) in [7, 11) is 0. The molecule has 1 saturated heterocycles. The van der Waals surface area contributed by atoms with Gasteiger partial charge in [0, 0.05) is 48.1 Å². The van der Waals surface area contributed by atoms with Crippen molar-refractivity contribution >= 4 is 40.6 Å². The Labute approximate surface area is 196 Å². The summed E-state index contributed by atoms with van der Waals surface area (Å²) in [5.41, 5.74) is 2.62. The number of rotatable bonds is 7. The van der Waals surface area contributed by atoms with Gasteiger partial charge in [-0.25, -0.2) is 0 Å². The van der Waals surface area contributed by atoms with E-state index in [4.69, 9.17) is 22.4 Å². The number of nitrogens with one attached hydrogen (secondary N) is 1. The lowest BCUT2D eigenvalue weighted by molar-refractivity contribution is -0.113. The van der Waals surface area contributed by atoms with Crippen molar-refractivity contribution in [3.63, 3.8) is 0 Å². The molecule has 2 aromatic carbocycles. The SMILES string of the molecule is C#CCN1CCN(c2ccc(NC(=O)CSc3nnc(-c4cccc(Cl)c4)o3)cc2)CC1. The Kier molecular flexibility index (Phi) is 7.32. The summed E-state index contributed by atoms with van der Waals surface area (Å²) < 4.78 is 5.61. The second kappa shape index (κ2) is 10.6. The lowest BCUT2D eigenvalue weighted by Crippen LogP contribution is -2.46. The van der Waals surface area contributed by atoms with Gasteiger partial charge in [0.15, 0.2) is 0 Å². The van der Waals surface area contributed by atoms with E-state index in [0.29, 0.717) is 22.7 Å². The van der Waals surface area contributed by atoms with E-state index in [-0.39, 0.29) is 11.7 Å². The van der Waals surface area contributed by atoms with Gasteiger partial charge < -0.3 is 14.6 Å². The lowest BCUT2D eigenvalue weighted by atomic mass is 10.2. The van der Waals surface area contributed by atoms with Gasteiger partial charge in [-0.3, -0.25) is 9.69 Å². The Morgan fingerprint density at radius 3 is 2.66 bits per heavy atom. The molecule has 3 aromatic rings. The predicted octanol–water partition coefficient (Wildman–Crippen LogP) is 3.88. The van der Waals surface area contributed by atoms with Crippen LogP contribution in [0.3, 0.4) is 0 Å². The third kappa shape index (κ3) is 5.82. The monoisotopic (exact) mass is 467 g/mol. The van der Waals surface area contributed by atoms with Crippen molar-refractivity contribution in [2.45, 2.75) is 5.22 Å².